The summed E-state index contributed by atoms with van der Waals surface area (Å²) in [5, 5.41) is 12.3. The third-order valence-electron chi connectivity index (χ3n) is 3.77. The van der Waals surface area contributed by atoms with E-state index in [4.69, 9.17) is 4.52 Å². The highest BCUT2D eigenvalue weighted by molar-refractivity contribution is 5.98. The Morgan fingerprint density at radius 2 is 1.04 bits per heavy atom. The van der Waals surface area contributed by atoms with Crippen molar-refractivity contribution in [3.8, 4) is 0 Å². The van der Waals surface area contributed by atoms with Gasteiger partial charge in [-0.05, 0) is 45.8 Å². The molecule has 0 radical (unpaired) electrons. The van der Waals surface area contributed by atoms with E-state index in [9.17, 15) is 0 Å². The molecule has 1 heterocycles. The molecule has 0 bridgehead atoms. The SMILES string of the molecule is c1ccc2cc3ccccc3cc2c1.c1ccc2onnc2c1. The summed E-state index contributed by atoms with van der Waals surface area (Å²) < 4.78 is 4.76. The Morgan fingerprint density at radius 3 is 1.57 bits per heavy atom. The van der Waals surface area contributed by atoms with E-state index < -0.39 is 0 Å². The molecular formula is C20H14N2O. The molecule has 3 heteroatoms. The van der Waals surface area contributed by atoms with Gasteiger partial charge in [0.15, 0.2) is 5.58 Å². The van der Waals surface area contributed by atoms with Gasteiger partial charge >= 0.3 is 0 Å². The molecule has 23 heavy (non-hydrogen) atoms. The highest BCUT2D eigenvalue weighted by Crippen LogP contribution is 2.22. The first-order valence-corrected chi connectivity index (χ1v) is 7.45. The maximum atomic E-state index is 4.76. The van der Waals surface area contributed by atoms with Gasteiger partial charge in [-0.15, -0.1) is 5.10 Å². The summed E-state index contributed by atoms with van der Waals surface area (Å²) in [6.07, 6.45) is 0. The van der Waals surface area contributed by atoms with E-state index in [1.54, 1.807) is 0 Å². The highest BCUT2D eigenvalue weighted by Gasteiger charge is 1.95. The Hall–Kier alpha value is -3.20. The van der Waals surface area contributed by atoms with Gasteiger partial charge in [0.1, 0.15) is 5.52 Å². The monoisotopic (exact) mass is 298 g/mol. The molecule has 0 saturated heterocycles. The number of nitrogens with zero attached hydrogens (tertiary/aromatic N) is 2. The van der Waals surface area contributed by atoms with Crippen molar-refractivity contribution in [3.05, 3.63) is 84.9 Å². The summed E-state index contributed by atoms with van der Waals surface area (Å²) in [7, 11) is 0. The van der Waals surface area contributed by atoms with Crippen LogP contribution in [0.25, 0.3) is 32.6 Å². The summed E-state index contributed by atoms with van der Waals surface area (Å²) in [6, 6.07) is 28.9. The lowest BCUT2D eigenvalue weighted by Gasteiger charge is -2.00. The van der Waals surface area contributed by atoms with Gasteiger partial charge in [0.2, 0.25) is 0 Å². The molecule has 1 aromatic heterocycles. The number of rotatable bonds is 0. The first-order valence-electron chi connectivity index (χ1n) is 7.45. The molecule has 5 aromatic rings. The molecule has 110 valence electrons. The highest BCUT2D eigenvalue weighted by atomic mass is 16.5. The van der Waals surface area contributed by atoms with E-state index in [0.29, 0.717) is 0 Å². The summed E-state index contributed by atoms with van der Waals surface area (Å²) in [5.41, 5.74) is 1.54. The fraction of sp³-hybridized carbons (Fsp3) is 0. The summed E-state index contributed by atoms with van der Waals surface area (Å²) in [5.74, 6) is 0. The number of para-hydroxylation sites is 1. The molecule has 0 amide bonds. The Balaban J connectivity index is 0.000000130. The third-order valence-corrected chi connectivity index (χ3v) is 3.77. The van der Waals surface area contributed by atoms with Crippen LogP contribution in [0.15, 0.2) is 89.5 Å². The molecule has 0 fully saturated rings. The molecule has 5 rings (SSSR count). The molecule has 4 aromatic carbocycles. The molecule has 0 aliphatic rings. The van der Waals surface area contributed by atoms with Crippen LogP contribution in [0.4, 0.5) is 0 Å². The van der Waals surface area contributed by atoms with Crippen molar-refractivity contribution in [1.82, 2.24) is 10.4 Å². The van der Waals surface area contributed by atoms with Crippen LogP contribution >= 0.6 is 0 Å². The van der Waals surface area contributed by atoms with Crippen molar-refractivity contribution in [2.24, 2.45) is 0 Å². The maximum absolute atomic E-state index is 4.76. The maximum Gasteiger partial charge on any atom is 0.187 e. The summed E-state index contributed by atoms with van der Waals surface area (Å²) in [4.78, 5) is 0. The van der Waals surface area contributed by atoms with Crippen LogP contribution in [-0.4, -0.2) is 10.4 Å². The van der Waals surface area contributed by atoms with E-state index in [1.165, 1.54) is 21.5 Å². The van der Waals surface area contributed by atoms with Gasteiger partial charge in [-0.1, -0.05) is 60.7 Å². The van der Waals surface area contributed by atoms with Crippen molar-refractivity contribution in [1.29, 1.82) is 0 Å². The number of fused-ring (bicyclic) bond motifs is 3. The molecule has 0 spiro atoms. The van der Waals surface area contributed by atoms with Crippen LogP contribution in [-0.2, 0) is 0 Å². The zero-order chi connectivity index (χ0) is 15.5. The molecule has 0 aliphatic heterocycles. The van der Waals surface area contributed by atoms with Crippen LogP contribution in [0.1, 0.15) is 0 Å². The topological polar surface area (TPSA) is 38.9 Å². The zero-order valence-electron chi connectivity index (χ0n) is 12.4. The first kappa shape index (κ1) is 13.5. The molecule has 0 unspecified atom stereocenters. The second kappa shape index (κ2) is 5.89. The quantitative estimate of drug-likeness (QED) is 0.368. The Labute approximate surface area is 133 Å². The van der Waals surface area contributed by atoms with Gasteiger partial charge in [-0.25, -0.2) is 0 Å². The molecule has 0 atom stereocenters. The molecule has 3 nitrogen and oxygen atoms in total. The summed E-state index contributed by atoms with van der Waals surface area (Å²) >= 11 is 0. The lowest BCUT2D eigenvalue weighted by atomic mass is 10.0. The second-order valence-electron chi connectivity index (χ2n) is 5.29. The van der Waals surface area contributed by atoms with Crippen LogP contribution in [0.2, 0.25) is 0 Å². The average Bonchev–Trinajstić information content (AvgIpc) is 3.09. The van der Waals surface area contributed by atoms with E-state index in [2.05, 4.69) is 71.0 Å². The molecule has 0 aliphatic carbocycles. The van der Waals surface area contributed by atoms with Gasteiger partial charge in [0, 0.05) is 5.27 Å². The normalized spacial score (nSPS) is 10.6. The van der Waals surface area contributed by atoms with Crippen molar-refractivity contribution < 1.29 is 4.52 Å². The first-order chi connectivity index (χ1) is 11.4. The van der Waals surface area contributed by atoms with E-state index in [-0.39, 0.29) is 0 Å². The number of aromatic nitrogens is 2. The van der Waals surface area contributed by atoms with Crippen molar-refractivity contribution in [2.45, 2.75) is 0 Å². The minimum Gasteiger partial charge on any atom is -0.337 e. The Kier molecular flexibility index (Phi) is 3.45. The number of hydrogen-bond donors (Lipinski definition) is 0. The van der Waals surface area contributed by atoms with Gasteiger partial charge in [-0.2, -0.15) is 0 Å². The second-order valence-corrected chi connectivity index (χ2v) is 5.29. The standard InChI is InChI=1S/C14H10.C6H4N2O/c1-2-6-12-10-14-8-4-3-7-13(14)9-11(12)5-1;1-2-4-6-5(3-1)7-8-9-6/h1-10H;1-4H. The van der Waals surface area contributed by atoms with E-state index in [0.717, 1.165) is 11.1 Å². The fourth-order valence-corrected chi connectivity index (χ4v) is 2.61. The van der Waals surface area contributed by atoms with Crippen LogP contribution < -0.4 is 0 Å². The van der Waals surface area contributed by atoms with Crippen molar-refractivity contribution in [2.75, 3.05) is 0 Å². The number of benzene rings is 4. The van der Waals surface area contributed by atoms with Crippen LogP contribution in [0.5, 0.6) is 0 Å². The minimum atomic E-state index is 0.734. The van der Waals surface area contributed by atoms with E-state index >= 15 is 0 Å². The molecule has 0 saturated carbocycles. The largest absolute Gasteiger partial charge is 0.337 e. The van der Waals surface area contributed by atoms with E-state index in [1.807, 2.05) is 24.3 Å². The minimum absolute atomic E-state index is 0.734. The van der Waals surface area contributed by atoms with Crippen LogP contribution in [0, 0.1) is 0 Å². The van der Waals surface area contributed by atoms with Gasteiger partial charge in [-0.3, -0.25) is 0 Å². The van der Waals surface area contributed by atoms with Crippen molar-refractivity contribution in [3.63, 3.8) is 0 Å². The summed E-state index contributed by atoms with van der Waals surface area (Å²) in [6.45, 7) is 0. The fourth-order valence-electron chi connectivity index (χ4n) is 2.61. The Morgan fingerprint density at radius 1 is 0.565 bits per heavy atom. The zero-order valence-corrected chi connectivity index (χ0v) is 12.4. The van der Waals surface area contributed by atoms with Crippen LogP contribution in [0.3, 0.4) is 0 Å². The van der Waals surface area contributed by atoms with Gasteiger partial charge < -0.3 is 4.52 Å². The number of hydrogen-bond acceptors (Lipinski definition) is 3. The predicted octanol–water partition coefficient (Wildman–Crippen LogP) is 5.22. The van der Waals surface area contributed by atoms with Gasteiger partial charge in [0.25, 0.3) is 0 Å². The third kappa shape index (κ3) is 2.77. The predicted molar refractivity (Wildman–Crippen MR) is 93.3 cm³/mol. The molecular weight excluding hydrogens is 284 g/mol. The average molecular weight is 298 g/mol. The smallest absolute Gasteiger partial charge is 0.187 e. The van der Waals surface area contributed by atoms with Gasteiger partial charge in [0.05, 0.1) is 0 Å². The lowest BCUT2D eigenvalue weighted by Crippen LogP contribution is -1.74. The molecule has 0 N–H and O–H groups in total. The Bertz CT molecular complexity index is 947. The van der Waals surface area contributed by atoms with Crippen molar-refractivity contribution >= 4 is 32.6 Å². The lowest BCUT2D eigenvalue weighted by molar-refractivity contribution is 0.424.